The Hall–Kier alpha value is -2.48. The summed E-state index contributed by atoms with van der Waals surface area (Å²) in [5.74, 6) is -1.11. The molecule has 8 nitrogen and oxygen atoms in total. The molecule has 0 unspecified atom stereocenters. The van der Waals surface area contributed by atoms with Gasteiger partial charge in [-0.1, -0.05) is 0 Å². The molecule has 0 N–H and O–H groups in total. The van der Waals surface area contributed by atoms with Crippen LogP contribution in [0.4, 0.5) is 11.4 Å². The smallest absolute Gasteiger partial charge is 0.339 e. The predicted molar refractivity (Wildman–Crippen MR) is 74.3 cm³/mol. The zero-order valence-electron chi connectivity index (χ0n) is 12.0. The van der Waals surface area contributed by atoms with Crippen LogP contribution in [-0.2, 0) is 14.3 Å². The van der Waals surface area contributed by atoms with E-state index in [1.165, 1.54) is 26.3 Å². The van der Waals surface area contributed by atoms with Gasteiger partial charge in [-0.2, -0.15) is 0 Å². The number of hydrogen-bond donors (Lipinski definition) is 0. The number of nitro groups is 1. The number of ether oxygens (including phenoxy) is 2. The standard InChI is InChI=1S/C13H16N2O6/c1-4-21-8-12(16)14(2)11-7-9(15(18)19)5-6-10(11)13(17)20-3/h5-7H,4,8H2,1-3H3. The summed E-state index contributed by atoms with van der Waals surface area (Å²) in [5, 5.41) is 10.8. The number of likely N-dealkylation sites (N-methyl/N-ethyl adjacent to an activating group) is 1. The van der Waals surface area contributed by atoms with Crippen molar-refractivity contribution in [3.05, 3.63) is 33.9 Å². The number of nitro benzene ring substituents is 1. The Kier molecular flexibility index (Phi) is 5.79. The van der Waals surface area contributed by atoms with E-state index >= 15 is 0 Å². The Bertz CT molecular complexity index is 558. The predicted octanol–water partition coefficient (Wildman–Crippen LogP) is 1.38. The van der Waals surface area contributed by atoms with Crippen molar-refractivity contribution in [2.75, 3.05) is 32.3 Å². The fourth-order valence-corrected chi connectivity index (χ4v) is 1.61. The van der Waals surface area contributed by atoms with Gasteiger partial charge in [-0.25, -0.2) is 4.79 Å². The molecule has 0 heterocycles. The first-order valence-corrected chi connectivity index (χ1v) is 6.13. The number of nitrogens with zero attached hydrogens (tertiary/aromatic N) is 2. The molecule has 1 aromatic rings. The van der Waals surface area contributed by atoms with Crippen molar-refractivity contribution in [3.63, 3.8) is 0 Å². The molecule has 0 aliphatic carbocycles. The van der Waals surface area contributed by atoms with Crippen molar-refractivity contribution in [3.8, 4) is 0 Å². The van der Waals surface area contributed by atoms with E-state index in [0.29, 0.717) is 6.61 Å². The van der Waals surface area contributed by atoms with E-state index in [0.717, 1.165) is 11.0 Å². The summed E-state index contributed by atoms with van der Waals surface area (Å²) in [6.07, 6.45) is 0. The van der Waals surface area contributed by atoms with Crippen LogP contribution in [-0.4, -0.2) is 44.2 Å². The van der Waals surface area contributed by atoms with Gasteiger partial charge in [0.15, 0.2) is 0 Å². The second-order valence-corrected chi connectivity index (χ2v) is 4.04. The second kappa shape index (κ2) is 7.34. The number of non-ortho nitro benzene ring substituents is 1. The third kappa shape index (κ3) is 3.99. The Morgan fingerprint density at radius 3 is 2.57 bits per heavy atom. The molecule has 0 aromatic heterocycles. The van der Waals surface area contributed by atoms with Crippen LogP contribution in [0.15, 0.2) is 18.2 Å². The number of esters is 1. The van der Waals surface area contributed by atoms with E-state index < -0.39 is 16.8 Å². The van der Waals surface area contributed by atoms with Crippen LogP contribution in [0.1, 0.15) is 17.3 Å². The quantitative estimate of drug-likeness (QED) is 0.447. The van der Waals surface area contributed by atoms with Crippen molar-refractivity contribution in [1.82, 2.24) is 0 Å². The number of benzene rings is 1. The van der Waals surface area contributed by atoms with E-state index in [1.54, 1.807) is 6.92 Å². The van der Waals surface area contributed by atoms with Crippen molar-refractivity contribution in [1.29, 1.82) is 0 Å². The SMILES string of the molecule is CCOCC(=O)N(C)c1cc([N+](=O)[O-])ccc1C(=O)OC. The van der Waals surface area contributed by atoms with Gasteiger partial charge in [-0.15, -0.1) is 0 Å². The summed E-state index contributed by atoms with van der Waals surface area (Å²) in [6.45, 7) is 1.91. The van der Waals surface area contributed by atoms with Gasteiger partial charge in [-0.3, -0.25) is 14.9 Å². The van der Waals surface area contributed by atoms with Crippen LogP contribution < -0.4 is 4.90 Å². The summed E-state index contributed by atoms with van der Waals surface area (Å²) in [5.41, 5.74) is -0.0649. The summed E-state index contributed by atoms with van der Waals surface area (Å²) in [7, 11) is 2.60. The average Bonchev–Trinajstić information content (AvgIpc) is 2.50. The summed E-state index contributed by atoms with van der Waals surface area (Å²) < 4.78 is 9.61. The van der Waals surface area contributed by atoms with Gasteiger partial charge in [0.2, 0.25) is 0 Å². The van der Waals surface area contributed by atoms with Crippen molar-refractivity contribution >= 4 is 23.3 Å². The summed E-state index contributed by atoms with van der Waals surface area (Å²) in [6, 6.07) is 3.58. The zero-order valence-corrected chi connectivity index (χ0v) is 12.0. The lowest BCUT2D eigenvalue weighted by atomic mass is 10.1. The molecule has 0 saturated heterocycles. The molecule has 0 fully saturated rings. The summed E-state index contributed by atoms with van der Waals surface area (Å²) >= 11 is 0. The molecule has 0 spiro atoms. The van der Waals surface area contributed by atoms with Gasteiger partial charge < -0.3 is 14.4 Å². The zero-order chi connectivity index (χ0) is 16.0. The number of amides is 1. The van der Waals surface area contributed by atoms with Gasteiger partial charge in [-0.05, 0) is 13.0 Å². The maximum Gasteiger partial charge on any atom is 0.339 e. The first-order valence-electron chi connectivity index (χ1n) is 6.13. The Labute approximate surface area is 121 Å². The molecule has 114 valence electrons. The summed E-state index contributed by atoms with van der Waals surface area (Å²) in [4.78, 5) is 35.0. The van der Waals surface area contributed by atoms with Crippen LogP contribution in [0.25, 0.3) is 0 Å². The Morgan fingerprint density at radius 2 is 2.05 bits per heavy atom. The molecule has 0 radical (unpaired) electrons. The van der Waals surface area contributed by atoms with Gasteiger partial charge >= 0.3 is 5.97 Å². The molecule has 0 saturated carbocycles. The number of hydrogen-bond acceptors (Lipinski definition) is 6. The minimum Gasteiger partial charge on any atom is -0.465 e. The lowest BCUT2D eigenvalue weighted by Crippen LogP contribution is -2.31. The lowest BCUT2D eigenvalue weighted by molar-refractivity contribution is -0.384. The normalized spacial score (nSPS) is 10.0. The number of rotatable bonds is 6. The van der Waals surface area contributed by atoms with Crippen LogP contribution in [0.5, 0.6) is 0 Å². The largest absolute Gasteiger partial charge is 0.465 e. The van der Waals surface area contributed by atoms with Gasteiger partial charge in [0.1, 0.15) is 6.61 Å². The van der Waals surface area contributed by atoms with E-state index in [4.69, 9.17) is 4.74 Å². The van der Waals surface area contributed by atoms with E-state index in [2.05, 4.69) is 4.74 Å². The average molecular weight is 296 g/mol. The molecule has 8 heteroatoms. The molecular weight excluding hydrogens is 280 g/mol. The van der Waals surface area contributed by atoms with Crippen LogP contribution in [0.3, 0.4) is 0 Å². The minimum absolute atomic E-state index is 0.0652. The van der Waals surface area contributed by atoms with Crippen molar-refractivity contribution < 1.29 is 24.0 Å². The lowest BCUT2D eigenvalue weighted by Gasteiger charge is -2.19. The highest BCUT2D eigenvalue weighted by atomic mass is 16.6. The maximum atomic E-state index is 11.9. The number of carbonyl (C=O) groups is 2. The van der Waals surface area contributed by atoms with E-state index in [-0.39, 0.29) is 23.5 Å². The minimum atomic E-state index is -0.684. The fourth-order valence-electron chi connectivity index (χ4n) is 1.61. The van der Waals surface area contributed by atoms with Gasteiger partial charge in [0, 0.05) is 25.8 Å². The fraction of sp³-hybridized carbons (Fsp3) is 0.385. The number of methoxy groups -OCH3 is 1. The van der Waals surface area contributed by atoms with Crippen LogP contribution in [0, 0.1) is 10.1 Å². The molecule has 0 aliphatic rings. The Balaban J connectivity index is 3.21. The topological polar surface area (TPSA) is 99.0 Å². The number of carbonyl (C=O) groups excluding carboxylic acids is 2. The molecular formula is C13H16N2O6. The molecule has 0 bridgehead atoms. The van der Waals surface area contributed by atoms with Crippen LogP contribution >= 0.6 is 0 Å². The third-order valence-electron chi connectivity index (χ3n) is 2.76. The van der Waals surface area contributed by atoms with Gasteiger partial charge in [0.05, 0.1) is 23.3 Å². The molecule has 0 aliphatic heterocycles. The van der Waals surface area contributed by atoms with Gasteiger partial charge in [0.25, 0.3) is 11.6 Å². The highest BCUT2D eigenvalue weighted by Gasteiger charge is 2.22. The van der Waals surface area contributed by atoms with E-state index in [1.807, 2.05) is 0 Å². The molecule has 1 amide bonds. The number of anilines is 1. The third-order valence-corrected chi connectivity index (χ3v) is 2.76. The van der Waals surface area contributed by atoms with Crippen molar-refractivity contribution in [2.24, 2.45) is 0 Å². The first-order chi connectivity index (χ1) is 9.92. The van der Waals surface area contributed by atoms with Crippen LogP contribution in [0.2, 0.25) is 0 Å². The second-order valence-electron chi connectivity index (χ2n) is 4.04. The highest BCUT2D eigenvalue weighted by Crippen LogP contribution is 2.26. The monoisotopic (exact) mass is 296 g/mol. The Morgan fingerprint density at radius 1 is 1.38 bits per heavy atom. The molecule has 1 aromatic carbocycles. The highest BCUT2D eigenvalue weighted by molar-refractivity contribution is 6.03. The van der Waals surface area contributed by atoms with E-state index in [9.17, 15) is 19.7 Å². The molecule has 1 rings (SSSR count). The first kappa shape index (κ1) is 16.6. The molecule has 21 heavy (non-hydrogen) atoms. The van der Waals surface area contributed by atoms with Crippen molar-refractivity contribution in [2.45, 2.75) is 6.92 Å². The molecule has 0 atom stereocenters. The maximum absolute atomic E-state index is 11.9.